The lowest BCUT2D eigenvalue weighted by Gasteiger charge is -2.13. The van der Waals surface area contributed by atoms with Crippen LogP contribution < -0.4 is 10.0 Å². The van der Waals surface area contributed by atoms with Crippen molar-refractivity contribution in [3.63, 3.8) is 0 Å². The van der Waals surface area contributed by atoms with Crippen LogP contribution >= 0.6 is 11.6 Å². The van der Waals surface area contributed by atoms with Gasteiger partial charge in [-0.05, 0) is 49.2 Å². The molecule has 5 nitrogen and oxygen atoms in total. The minimum atomic E-state index is -3.88. The quantitative estimate of drug-likeness (QED) is 0.584. The van der Waals surface area contributed by atoms with Gasteiger partial charge in [-0.3, -0.25) is 9.52 Å². The molecule has 0 radical (unpaired) electrons. The summed E-state index contributed by atoms with van der Waals surface area (Å²) < 4.78 is 28.2. The van der Waals surface area contributed by atoms with E-state index in [4.69, 9.17) is 11.6 Å². The molecule has 0 unspecified atom stereocenters. The molecule has 0 aromatic heterocycles. The van der Waals surface area contributed by atoms with Gasteiger partial charge in [0.2, 0.25) is 5.91 Å². The van der Waals surface area contributed by atoms with E-state index in [1.165, 1.54) is 6.07 Å². The van der Waals surface area contributed by atoms with Gasteiger partial charge in [0.15, 0.2) is 0 Å². The van der Waals surface area contributed by atoms with E-state index >= 15 is 0 Å². The number of amides is 1. The molecular weight excluding hydrogens is 408 g/mol. The van der Waals surface area contributed by atoms with Gasteiger partial charge < -0.3 is 5.32 Å². The molecule has 150 valence electrons. The van der Waals surface area contributed by atoms with Crippen LogP contribution in [0.4, 0.5) is 11.4 Å². The van der Waals surface area contributed by atoms with Crippen LogP contribution in [-0.2, 0) is 21.2 Å². The summed E-state index contributed by atoms with van der Waals surface area (Å²) >= 11 is 6.06. The summed E-state index contributed by atoms with van der Waals surface area (Å²) in [6.45, 7) is 3.66. The van der Waals surface area contributed by atoms with Gasteiger partial charge >= 0.3 is 0 Å². The second-order valence-corrected chi connectivity index (χ2v) is 8.84. The lowest BCUT2D eigenvalue weighted by Crippen LogP contribution is -2.17. The Labute approximate surface area is 175 Å². The molecule has 0 aliphatic rings. The third kappa shape index (κ3) is 5.37. The highest BCUT2D eigenvalue weighted by molar-refractivity contribution is 7.92. The molecule has 0 aliphatic heterocycles. The monoisotopic (exact) mass is 428 g/mol. The zero-order valence-electron chi connectivity index (χ0n) is 16.1. The van der Waals surface area contributed by atoms with Crippen molar-refractivity contribution in [2.45, 2.75) is 25.2 Å². The Morgan fingerprint density at radius 1 is 0.966 bits per heavy atom. The number of hydrogen-bond acceptors (Lipinski definition) is 3. The zero-order valence-corrected chi connectivity index (χ0v) is 17.6. The highest BCUT2D eigenvalue weighted by Crippen LogP contribution is 2.27. The highest BCUT2D eigenvalue weighted by Gasteiger charge is 2.19. The van der Waals surface area contributed by atoms with Gasteiger partial charge in [0.25, 0.3) is 10.0 Å². The van der Waals surface area contributed by atoms with Gasteiger partial charge in [-0.25, -0.2) is 8.42 Å². The van der Waals surface area contributed by atoms with Gasteiger partial charge in [0.05, 0.1) is 22.0 Å². The van der Waals surface area contributed by atoms with Crippen LogP contribution in [-0.4, -0.2) is 14.3 Å². The number of halogens is 1. The van der Waals surface area contributed by atoms with Crippen molar-refractivity contribution >= 4 is 38.9 Å². The van der Waals surface area contributed by atoms with Gasteiger partial charge in [-0.1, -0.05) is 59.6 Å². The minimum absolute atomic E-state index is 0.0748. The normalized spacial score (nSPS) is 11.1. The lowest BCUT2D eigenvalue weighted by atomic mass is 10.1. The standard InChI is InChI=1S/C22H21ClN2O3S/c1-15-6-5-7-17(12-15)13-22(26)24-18-11-10-16(2)21(14-18)29(27,28)25-20-9-4-3-8-19(20)23/h3-12,14,25H,13H2,1-2H3,(H,24,26). The van der Waals surface area contributed by atoms with Crippen LogP contribution in [0.15, 0.2) is 71.6 Å². The summed E-state index contributed by atoms with van der Waals surface area (Å²) in [5.41, 5.74) is 3.23. The molecule has 0 heterocycles. The number of hydrogen-bond donors (Lipinski definition) is 2. The predicted octanol–water partition coefficient (Wildman–Crippen LogP) is 4.94. The first-order valence-corrected chi connectivity index (χ1v) is 10.8. The Kier molecular flexibility index (Phi) is 6.25. The van der Waals surface area contributed by atoms with Crippen LogP contribution in [0.25, 0.3) is 0 Å². The summed E-state index contributed by atoms with van der Waals surface area (Å²) in [7, 11) is -3.88. The molecule has 0 fully saturated rings. The summed E-state index contributed by atoms with van der Waals surface area (Å²) in [4.78, 5) is 12.5. The molecule has 7 heteroatoms. The predicted molar refractivity (Wildman–Crippen MR) is 117 cm³/mol. The van der Waals surface area contributed by atoms with Crippen LogP contribution in [0.1, 0.15) is 16.7 Å². The number of para-hydroxylation sites is 1. The number of nitrogens with one attached hydrogen (secondary N) is 2. The van der Waals surface area contributed by atoms with E-state index in [1.807, 2.05) is 31.2 Å². The van der Waals surface area contributed by atoms with Crippen LogP contribution in [0.3, 0.4) is 0 Å². The van der Waals surface area contributed by atoms with E-state index in [2.05, 4.69) is 10.0 Å². The molecule has 0 saturated carbocycles. The molecule has 0 spiro atoms. The highest BCUT2D eigenvalue weighted by atomic mass is 35.5. The Balaban J connectivity index is 1.80. The number of aryl methyl sites for hydroxylation is 2. The Morgan fingerprint density at radius 2 is 1.72 bits per heavy atom. The van der Waals surface area contributed by atoms with Gasteiger partial charge in [-0.15, -0.1) is 0 Å². The van der Waals surface area contributed by atoms with Crippen molar-refractivity contribution in [1.29, 1.82) is 0 Å². The van der Waals surface area contributed by atoms with E-state index < -0.39 is 10.0 Å². The molecule has 2 N–H and O–H groups in total. The summed E-state index contributed by atoms with van der Waals surface area (Å²) in [5, 5.41) is 3.07. The van der Waals surface area contributed by atoms with Crippen molar-refractivity contribution in [2.24, 2.45) is 0 Å². The molecule has 0 aliphatic carbocycles. The molecule has 1 amide bonds. The fourth-order valence-electron chi connectivity index (χ4n) is 2.92. The first kappa shape index (κ1) is 20.9. The van der Waals surface area contributed by atoms with Crippen LogP contribution in [0.5, 0.6) is 0 Å². The number of sulfonamides is 1. The second kappa shape index (κ2) is 8.68. The van der Waals surface area contributed by atoms with Crippen molar-refractivity contribution in [2.75, 3.05) is 10.0 Å². The minimum Gasteiger partial charge on any atom is -0.326 e. The number of rotatable bonds is 6. The Morgan fingerprint density at radius 3 is 2.45 bits per heavy atom. The average Bonchev–Trinajstić information content (AvgIpc) is 2.65. The Bertz CT molecular complexity index is 1160. The van der Waals surface area contributed by atoms with Crippen molar-refractivity contribution in [1.82, 2.24) is 0 Å². The summed E-state index contributed by atoms with van der Waals surface area (Å²) in [5.74, 6) is -0.220. The van der Waals surface area contributed by atoms with E-state index in [-0.39, 0.29) is 17.2 Å². The SMILES string of the molecule is Cc1cccc(CC(=O)Nc2ccc(C)c(S(=O)(=O)Nc3ccccc3Cl)c2)c1. The Hall–Kier alpha value is -2.83. The molecular formula is C22H21ClN2O3S. The van der Waals surface area contributed by atoms with Crippen molar-refractivity contribution < 1.29 is 13.2 Å². The molecule has 0 bridgehead atoms. The molecule has 3 aromatic rings. The number of carbonyl (C=O) groups excluding carboxylic acids is 1. The smallest absolute Gasteiger partial charge is 0.262 e. The molecule has 29 heavy (non-hydrogen) atoms. The first-order valence-electron chi connectivity index (χ1n) is 8.98. The van der Waals surface area contributed by atoms with Crippen LogP contribution in [0.2, 0.25) is 5.02 Å². The first-order chi connectivity index (χ1) is 13.7. The van der Waals surface area contributed by atoms with E-state index in [9.17, 15) is 13.2 Å². The third-order valence-electron chi connectivity index (χ3n) is 4.33. The topological polar surface area (TPSA) is 75.3 Å². The number of anilines is 2. The number of benzene rings is 3. The summed E-state index contributed by atoms with van der Waals surface area (Å²) in [6, 6.07) is 19.1. The largest absolute Gasteiger partial charge is 0.326 e. The zero-order chi connectivity index (χ0) is 21.0. The summed E-state index contributed by atoms with van der Waals surface area (Å²) in [6.07, 6.45) is 0.204. The molecule has 0 atom stereocenters. The van der Waals surface area contributed by atoms with E-state index in [0.29, 0.717) is 22.0 Å². The van der Waals surface area contributed by atoms with Gasteiger partial charge in [0.1, 0.15) is 0 Å². The van der Waals surface area contributed by atoms with Gasteiger partial charge in [-0.2, -0.15) is 0 Å². The molecule has 3 aromatic carbocycles. The van der Waals surface area contributed by atoms with Crippen molar-refractivity contribution in [3.8, 4) is 0 Å². The second-order valence-electron chi connectivity index (χ2n) is 6.78. The van der Waals surface area contributed by atoms with E-state index in [0.717, 1.165) is 11.1 Å². The molecule has 0 saturated heterocycles. The fourth-order valence-corrected chi connectivity index (χ4v) is 4.51. The van der Waals surface area contributed by atoms with Crippen LogP contribution in [0, 0.1) is 13.8 Å². The fraction of sp³-hybridized carbons (Fsp3) is 0.136. The maximum Gasteiger partial charge on any atom is 0.262 e. The lowest BCUT2D eigenvalue weighted by molar-refractivity contribution is -0.115. The van der Waals surface area contributed by atoms with Gasteiger partial charge in [0, 0.05) is 5.69 Å². The average molecular weight is 429 g/mol. The maximum atomic E-state index is 12.9. The molecule has 3 rings (SSSR count). The van der Waals surface area contributed by atoms with E-state index in [1.54, 1.807) is 43.3 Å². The number of carbonyl (C=O) groups is 1. The third-order valence-corrected chi connectivity index (χ3v) is 6.16. The van der Waals surface area contributed by atoms with Crippen molar-refractivity contribution in [3.05, 3.63) is 88.4 Å². The maximum absolute atomic E-state index is 12.9.